The van der Waals surface area contributed by atoms with Gasteiger partial charge in [-0.3, -0.25) is 9.59 Å². The number of carbonyl (C=O) groups excluding carboxylic acids is 2. The molecule has 28 heavy (non-hydrogen) atoms. The molecular formula is C22H27N3O3. The second-order valence-corrected chi connectivity index (χ2v) is 6.94. The number of carbonyl (C=O) groups is 2. The fraction of sp³-hybridized carbons (Fsp3) is 0.364. The van der Waals surface area contributed by atoms with Crippen LogP contribution in [0.2, 0.25) is 0 Å². The van der Waals surface area contributed by atoms with E-state index < -0.39 is 0 Å². The van der Waals surface area contributed by atoms with Crippen molar-refractivity contribution in [1.82, 2.24) is 10.2 Å². The summed E-state index contributed by atoms with van der Waals surface area (Å²) in [4.78, 5) is 28.7. The first-order valence-electron chi connectivity index (χ1n) is 9.58. The number of nitrogens with zero attached hydrogens (tertiary/aromatic N) is 2. The average molecular weight is 381 g/mol. The predicted octanol–water partition coefficient (Wildman–Crippen LogP) is 2.47. The molecule has 1 saturated heterocycles. The molecule has 0 atom stereocenters. The lowest BCUT2D eigenvalue weighted by Crippen LogP contribution is -2.49. The van der Waals surface area contributed by atoms with Gasteiger partial charge in [0.2, 0.25) is 5.91 Å². The maximum Gasteiger partial charge on any atom is 0.251 e. The van der Waals surface area contributed by atoms with Gasteiger partial charge < -0.3 is 19.9 Å². The molecule has 0 unspecified atom stereocenters. The molecule has 2 amide bonds. The maximum absolute atomic E-state index is 12.4. The second kappa shape index (κ2) is 9.26. The highest BCUT2D eigenvalue weighted by Crippen LogP contribution is 2.20. The highest BCUT2D eigenvalue weighted by molar-refractivity contribution is 5.94. The Kier molecular flexibility index (Phi) is 6.53. The number of rotatable bonds is 6. The van der Waals surface area contributed by atoms with Crippen LogP contribution in [-0.2, 0) is 4.79 Å². The third-order valence-electron chi connectivity index (χ3n) is 4.97. The number of anilines is 1. The van der Waals surface area contributed by atoms with Crippen LogP contribution in [0.1, 0.15) is 22.3 Å². The minimum Gasteiger partial charge on any atom is -0.497 e. The van der Waals surface area contributed by atoms with Gasteiger partial charge in [-0.15, -0.1) is 0 Å². The highest BCUT2D eigenvalue weighted by atomic mass is 16.5. The molecule has 1 aliphatic rings. The number of aryl methyl sites for hydroxylation is 1. The molecule has 6 heteroatoms. The van der Waals surface area contributed by atoms with Gasteiger partial charge in [0.15, 0.2) is 0 Å². The first kappa shape index (κ1) is 19.7. The molecule has 2 aromatic rings. The van der Waals surface area contributed by atoms with E-state index in [2.05, 4.69) is 10.2 Å². The summed E-state index contributed by atoms with van der Waals surface area (Å²) in [7, 11) is 1.66. The van der Waals surface area contributed by atoms with Crippen LogP contribution in [0, 0.1) is 6.92 Å². The van der Waals surface area contributed by atoms with Crippen LogP contribution >= 0.6 is 0 Å². The Bertz CT molecular complexity index is 812. The van der Waals surface area contributed by atoms with Crippen molar-refractivity contribution in [3.63, 3.8) is 0 Å². The monoisotopic (exact) mass is 381 g/mol. The number of hydrogen-bond acceptors (Lipinski definition) is 4. The number of piperazine rings is 1. The molecule has 6 nitrogen and oxygen atoms in total. The number of methoxy groups -OCH3 is 1. The van der Waals surface area contributed by atoms with Crippen molar-refractivity contribution in [3.8, 4) is 5.75 Å². The topological polar surface area (TPSA) is 61.9 Å². The summed E-state index contributed by atoms with van der Waals surface area (Å²) in [6.07, 6.45) is 0.320. The minimum atomic E-state index is -0.138. The molecule has 0 radical (unpaired) electrons. The predicted molar refractivity (Wildman–Crippen MR) is 110 cm³/mol. The Labute approximate surface area is 166 Å². The number of ether oxygens (including phenoxy) is 1. The quantitative estimate of drug-likeness (QED) is 0.835. The first-order valence-corrected chi connectivity index (χ1v) is 9.58. The van der Waals surface area contributed by atoms with Gasteiger partial charge in [-0.25, -0.2) is 0 Å². The first-order chi connectivity index (χ1) is 13.6. The van der Waals surface area contributed by atoms with E-state index in [0.717, 1.165) is 30.1 Å². The molecule has 2 aromatic carbocycles. The van der Waals surface area contributed by atoms with Crippen LogP contribution in [0.15, 0.2) is 48.5 Å². The Balaban J connectivity index is 1.41. The third kappa shape index (κ3) is 5.03. The fourth-order valence-corrected chi connectivity index (χ4v) is 3.34. The van der Waals surface area contributed by atoms with Crippen LogP contribution in [-0.4, -0.2) is 56.5 Å². The van der Waals surface area contributed by atoms with E-state index >= 15 is 0 Å². The van der Waals surface area contributed by atoms with E-state index in [0.29, 0.717) is 31.6 Å². The van der Waals surface area contributed by atoms with Crippen LogP contribution in [0.25, 0.3) is 0 Å². The van der Waals surface area contributed by atoms with Gasteiger partial charge in [-0.1, -0.05) is 17.7 Å². The van der Waals surface area contributed by atoms with E-state index in [4.69, 9.17) is 4.74 Å². The minimum absolute atomic E-state index is 0.0823. The normalized spacial score (nSPS) is 13.9. The molecule has 1 N–H and O–H groups in total. The molecule has 0 aliphatic carbocycles. The summed E-state index contributed by atoms with van der Waals surface area (Å²) in [6, 6.07) is 15.4. The average Bonchev–Trinajstić information content (AvgIpc) is 2.73. The number of benzene rings is 2. The molecule has 1 aliphatic heterocycles. The molecule has 3 rings (SSSR count). The molecule has 0 spiro atoms. The fourth-order valence-electron chi connectivity index (χ4n) is 3.34. The highest BCUT2D eigenvalue weighted by Gasteiger charge is 2.21. The Hall–Kier alpha value is -3.02. The van der Waals surface area contributed by atoms with Gasteiger partial charge in [0.1, 0.15) is 5.75 Å². The van der Waals surface area contributed by atoms with E-state index in [1.54, 1.807) is 13.2 Å². The van der Waals surface area contributed by atoms with Crippen molar-refractivity contribution in [3.05, 3.63) is 59.7 Å². The van der Waals surface area contributed by atoms with Gasteiger partial charge >= 0.3 is 0 Å². The van der Waals surface area contributed by atoms with Gasteiger partial charge in [-0.05, 0) is 43.3 Å². The smallest absolute Gasteiger partial charge is 0.251 e. The number of amides is 2. The number of nitrogens with one attached hydrogen (secondary N) is 1. The van der Waals surface area contributed by atoms with E-state index in [9.17, 15) is 9.59 Å². The summed E-state index contributed by atoms with van der Waals surface area (Å²) in [5.41, 5.74) is 2.80. The Morgan fingerprint density at radius 2 is 1.75 bits per heavy atom. The van der Waals surface area contributed by atoms with Crippen molar-refractivity contribution >= 4 is 17.5 Å². The van der Waals surface area contributed by atoms with Gasteiger partial charge in [-0.2, -0.15) is 0 Å². The van der Waals surface area contributed by atoms with Gasteiger partial charge in [0.05, 0.1) is 7.11 Å². The zero-order valence-electron chi connectivity index (χ0n) is 16.5. The lowest BCUT2D eigenvalue weighted by Gasteiger charge is -2.36. The lowest BCUT2D eigenvalue weighted by molar-refractivity contribution is -0.131. The van der Waals surface area contributed by atoms with Gasteiger partial charge in [0, 0.05) is 50.4 Å². The van der Waals surface area contributed by atoms with Crippen molar-refractivity contribution in [2.45, 2.75) is 13.3 Å². The van der Waals surface area contributed by atoms with Crippen molar-refractivity contribution in [1.29, 1.82) is 0 Å². The van der Waals surface area contributed by atoms with Crippen LogP contribution in [0.4, 0.5) is 5.69 Å². The SMILES string of the molecule is COc1ccc(N2CCN(C(=O)CCNC(=O)c3cccc(C)c3)CC2)cc1. The summed E-state index contributed by atoms with van der Waals surface area (Å²) in [5, 5.41) is 2.83. The largest absolute Gasteiger partial charge is 0.497 e. The molecule has 0 saturated carbocycles. The molecule has 1 heterocycles. The van der Waals surface area contributed by atoms with E-state index in [1.807, 2.05) is 54.3 Å². The van der Waals surface area contributed by atoms with Crippen molar-refractivity contribution < 1.29 is 14.3 Å². The van der Waals surface area contributed by atoms with Crippen LogP contribution in [0.5, 0.6) is 5.75 Å². The van der Waals surface area contributed by atoms with Crippen molar-refractivity contribution in [2.24, 2.45) is 0 Å². The molecule has 148 valence electrons. The van der Waals surface area contributed by atoms with Crippen LogP contribution in [0.3, 0.4) is 0 Å². The molecular weight excluding hydrogens is 354 g/mol. The summed E-state index contributed by atoms with van der Waals surface area (Å²) >= 11 is 0. The molecule has 1 fully saturated rings. The summed E-state index contributed by atoms with van der Waals surface area (Å²) < 4.78 is 5.19. The van der Waals surface area contributed by atoms with Crippen molar-refractivity contribution in [2.75, 3.05) is 44.7 Å². The van der Waals surface area contributed by atoms with Crippen LogP contribution < -0.4 is 15.0 Å². The zero-order valence-corrected chi connectivity index (χ0v) is 16.5. The Morgan fingerprint density at radius 1 is 1.04 bits per heavy atom. The van der Waals surface area contributed by atoms with E-state index in [-0.39, 0.29) is 11.8 Å². The maximum atomic E-state index is 12.4. The van der Waals surface area contributed by atoms with Gasteiger partial charge in [0.25, 0.3) is 5.91 Å². The second-order valence-electron chi connectivity index (χ2n) is 6.94. The molecule has 0 bridgehead atoms. The Morgan fingerprint density at radius 3 is 2.39 bits per heavy atom. The lowest BCUT2D eigenvalue weighted by atomic mass is 10.1. The summed E-state index contributed by atoms with van der Waals surface area (Å²) in [5.74, 6) is 0.782. The number of hydrogen-bond donors (Lipinski definition) is 1. The summed E-state index contributed by atoms with van der Waals surface area (Å²) in [6.45, 7) is 5.28. The third-order valence-corrected chi connectivity index (χ3v) is 4.97. The standard InChI is InChI=1S/C22H27N3O3/c1-17-4-3-5-18(16-17)22(27)23-11-10-21(26)25-14-12-24(13-15-25)19-6-8-20(28-2)9-7-19/h3-9,16H,10-15H2,1-2H3,(H,23,27). The molecule has 0 aromatic heterocycles. The van der Waals surface area contributed by atoms with E-state index in [1.165, 1.54) is 0 Å². The zero-order chi connectivity index (χ0) is 19.9.